The third-order valence-electron chi connectivity index (χ3n) is 4.01. The first-order valence-electron chi connectivity index (χ1n) is 8.25. The van der Waals surface area contributed by atoms with Crippen LogP contribution in [0.3, 0.4) is 0 Å². The third kappa shape index (κ3) is 4.81. The summed E-state index contributed by atoms with van der Waals surface area (Å²) in [5.41, 5.74) is 3.78. The van der Waals surface area contributed by atoms with Gasteiger partial charge in [-0.2, -0.15) is 5.10 Å². The van der Waals surface area contributed by atoms with Gasteiger partial charge in [-0.3, -0.25) is 14.9 Å². The van der Waals surface area contributed by atoms with Crippen LogP contribution in [0.1, 0.15) is 15.9 Å². The zero-order valence-corrected chi connectivity index (χ0v) is 15.1. The number of nitrogens with zero attached hydrogens (tertiary/aromatic N) is 3. The molecule has 0 aliphatic carbocycles. The predicted molar refractivity (Wildman–Crippen MR) is 103 cm³/mol. The maximum atomic E-state index is 12.0. The molecule has 0 spiro atoms. The molecule has 9 heteroatoms. The minimum atomic E-state index is -0.424. The van der Waals surface area contributed by atoms with E-state index in [1.807, 2.05) is 4.90 Å². The van der Waals surface area contributed by atoms with Crippen molar-refractivity contribution >= 4 is 35.1 Å². The van der Waals surface area contributed by atoms with E-state index < -0.39 is 10.8 Å². The van der Waals surface area contributed by atoms with Gasteiger partial charge in [0.15, 0.2) is 0 Å². The Bertz CT molecular complexity index is 881. The van der Waals surface area contributed by atoms with Gasteiger partial charge in [0.1, 0.15) is 5.69 Å². The Balaban J connectivity index is 1.73. The molecule has 0 saturated carbocycles. The Hall–Kier alpha value is -2.97. The fraction of sp³-hybridized carbons (Fsp3) is 0.222. The molecule has 1 saturated heterocycles. The summed E-state index contributed by atoms with van der Waals surface area (Å²) < 4.78 is 5.28. The second kappa shape index (κ2) is 8.61. The molecule has 0 radical (unpaired) electrons. The van der Waals surface area contributed by atoms with Crippen molar-refractivity contribution in [3.63, 3.8) is 0 Å². The number of amides is 1. The molecular weight excluding hydrogens is 372 g/mol. The van der Waals surface area contributed by atoms with Crippen LogP contribution in [0.15, 0.2) is 47.6 Å². The number of ether oxygens (including phenoxy) is 1. The third-order valence-corrected chi connectivity index (χ3v) is 4.25. The fourth-order valence-electron chi connectivity index (χ4n) is 2.70. The van der Waals surface area contributed by atoms with Crippen LogP contribution >= 0.6 is 11.6 Å². The van der Waals surface area contributed by atoms with Crippen molar-refractivity contribution in [1.29, 1.82) is 0 Å². The van der Waals surface area contributed by atoms with Gasteiger partial charge in [-0.25, -0.2) is 5.43 Å². The molecule has 8 nitrogen and oxygen atoms in total. The van der Waals surface area contributed by atoms with Gasteiger partial charge in [0.2, 0.25) is 0 Å². The summed E-state index contributed by atoms with van der Waals surface area (Å²) in [5.74, 6) is -0.423. The summed E-state index contributed by atoms with van der Waals surface area (Å²) in [6.07, 6.45) is 1.36. The van der Waals surface area contributed by atoms with Gasteiger partial charge in [0, 0.05) is 35.3 Å². The standard InChI is InChI=1S/C18H17ClN4O4/c19-15-3-1-2-14(11-15)18(24)21-20-12-13-4-5-16(17(10-13)23(25)26)22-6-8-27-9-7-22/h1-5,10-12H,6-9H2,(H,21,24)/b20-12+. The predicted octanol–water partition coefficient (Wildman–Crippen LogP) is 2.85. The highest BCUT2D eigenvalue weighted by atomic mass is 35.5. The zero-order chi connectivity index (χ0) is 19.2. The molecule has 0 bridgehead atoms. The van der Waals surface area contributed by atoms with Crippen molar-refractivity contribution in [1.82, 2.24) is 5.43 Å². The van der Waals surface area contributed by atoms with E-state index in [9.17, 15) is 14.9 Å². The number of nitro groups is 1. The maximum absolute atomic E-state index is 12.0. The summed E-state index contributed by atoms with van der Waals surface area (Å²) in [7, 11) is 0. The number of anilines is 1. The Morgan fingerprint density at radius 3 is 2.74 bits per heavy atom. The van der Waals surface area contributed by atoms with Crippen molar-refractivity contribution in [2.24, 2.45) is 5.10 Å². The van der Waals surface area contributed by atoms with Gasteiger partial charge >= 0.3 is 0 Å². The van der Waals surface area contributed by atoms with Gasteiger partial charge < -0.3 is 9.64 Å². The van der Waals surface area contributed by atoms with Crippen LogP contribution in [0.4, 0.5) is 11.4 Å². The number of carbonyl (C=O) groups excluding carboxylic acids is 1. The Morgan fingerprint density at radius 2 is 2.04 bits per heavy atom. The van der Waals surface area contributed by atoms with E-state index >= 15 is 0 Å². The monoisotopic (exact) mass is 388 g/mol. The normalized spacial score (nSPS) is 14.3. The maximum Gasteiger partial charge on any atom is 0.293 e. The van der Waals surface area contributed by atoms with Gasteiger partial charge in [0.05, 0.1) is 24.4 Å². The highest BCUT2D eigenvalue weighted by Gasteiger charge is 2.21. The first kappa shape index (κ1) is 18.8. The number of hydrogen-bond acceptors (Lipinski definition) is 6. The molecule has 1 aliphatic rings. The first-order valence-corrected chi connectivity index (χ1v) is 8.62. The molecule has 3 rings (SSSR count). The summed E-state index contributed by atoms with van der Waals surface area (Å²) in [4.78, 5) is 24.9. The van der Waals surface area contributed by atoms with E-state index in [0.29, 0.717) is 48.1 Å². The number of nitro benzene ring substituents is 1. The van der Waals surface area contributed by atoms with E-state index in [1.54, 1.807) is 30.3 Å². The number of halogens is 1. The van der Waals surface area contributed by atoms with E-state index in [-0.39, 0.29) is 5.69 Å². The van der Waals surface area contributed by atoms with E-state index in [0.717, 1.165) is 0 Å². The van der Waals surface area contributed by atoms with Crippen LogP contribution in [0.5, 0.6) is 0 Å². The summed E-state index contributed by atoms with van der Waals surface area (Å²) in [6, 6.07) is 11.3. The van der Waals surface area contributed by atoms with Crippen molar-refractivity contribution < 1.29 is 14.5 Å². The van der Waals surface area contributed by atoms with E-state index in [4.69, 9.17) is 16.3 Å². The van der Waals surface area contributed by atoms with E-state index in [2.05, 4.69) is 10.5 Å². The molecule has 1 amide bonds. The molecule has 1 N–H and O–H groups in total. The first-order chi connectivity index (χ1) is 13.0. The van der Waals surface area contributed by atoms with E-state index in [1.165, 1.54) is 18.3 Å². The number of morpholine rings is 1. The number of rotatable bonds is 5. The van der Waals surface area contributed by atoms with Crippen molar-refractivity contribution in [2.45, 2.75) is 0 Å². The van der Waals surface area contributed by atoms with Crippen molar-refractivity contribution in [3.05, 3.63) is 68.7 Å². The number of benzene rings is 2. The minimum absolute atomic E-state index is 0.0120. The minimum Gasteiger partial charge on any atom is -0.378 e. The molecule has 140 valence electrons. The average Bonchev–Trinajstić information content (AvgIpc) is 2.68. The lowest BCUT2D eigenvalue weighted by molar-refractivity contribution is -0.384. The zero-order valence-electron chi connectivity index (χ0n) is 14.3. The van der Waals surface area contributed by atoms with Gasteiger partial charge in [-0.15, -0.1) is 0 Å². The van der Waals surface area contributed by atoms with Gasteiger partial charge in [0.25, 0.3) is 11.6 Å². The number of nitrogens with one attached hydrogen (secondary N) is 1. The molecule has 1 heterocycles. The Labute approximate surface area is 160 Å². The smallest absolute Gasteiger partial charge is 0.293 e. The molecule has 2 aromatic carbocycles. The summed E-state index contributed by atoms with van der Waals surface area (Å²) in [5, 5.41) is 15.7. The molecule has 0 unspecified atom stereocenters. The van der Waals surface area contributed by atoms with Crippen LogP contribution in [0.25, 0.3) is 0 Å². The summed E-state index contributed by atoms with van der Waals surface area (Å²) >= 11 is 5.85. The number of carbonyl (C=O) groups is 1. The van der Waals surface area contributed by atoms with Gasteiger partial charge in [-0.1, -0.05) is 23.7 Å². The fourth-order valence-corrected chi connectivity index (χ4v) is 2.89. The molecule has 2 aromatic rings. The molecule has 27 heavy (non-hydrogen) atoms. The Kier molecular flexibility index (Phi) is 6.00. The molecule has 1 fully saturated rings. The van der Waals surface area contributed by atoms with Crippen LogP contribution in [-0.4, -0.2) is 43.3 Å². The van der Waals surface area contributed by atoms with Crippen LogP contribution in [0, 0.1) is 10.1 Å². The lowest BCUT2D eigenvalue weighted by Crippen LogP contribution is -2.36. The van der Waals surface area contributed by atoms with Crippen molar-refractivity contribution in [3.8, 4) is 0 Å². The lowest BCUT2D eigenvalue weighted by Gasteiger charge is -2.28. The second-order valence-corrected chi connectivity index (χ2v) is 6.25. The topological polar surface area (TPSA) is 97.1 Å². The van der Waals surface area contributed by atoms with Crippen LogP contribution in [0.2, 0.25) is 5.02 Å². The molecular formula is C18H17ClN4O4. The number of hydrogen-bond donors (Lipinski definition) is 1. The SMILES string of the molecule is O=C(N/N=C/c1ccc(N2CCOCC2)c([N+](=O)[O-])c1)c1cccc(Cl)c1. The van der Waals surface area contributed by atoms with Crippen molar-refractivity contribution in [2.75, 3.05) is 31.2 Å². The highest BCUT2D eigenvalue weighted by molar-refractivity contribution is 6.30. The molecule has 0 aromatic heterocycles. The highest BCUT2D eigenvalue weighted by Crippen LogP contribution is 2.29. The molecule has 0 atom stereocenters. The largest absolute Gasteiger partial charge is 0.378 e. The van der Waals surface area contributed by atoms with Crippen LogP contribution in [-0.2, 0) is 4.74 Å². The molecule has 1 aliphatic heterocycles. The van der Waals surface area contributed by atoms with Crippen LogP contribution < -0.4 is 10.3 Å². The second-order valence-electron chi connectivity index (χ2n) is 5.81. The lowest BCUT2D eigenvalue weighted by atomic mass is 10.1. The summed E-state index contributed by atoms with van der Waals surface area (Å²) in [6.45, 7) is 2.28. The average molecular weight is 389 g/mol. The Morgan fingerprint density at radius 1 is 1.26 bits per heavy atom. The number of hydrazone groups is 1. The van der Waals surface area contributed by atoms with Gasteiger partial charge in [-0.05, 0) is 24.3 Å². The quantitative estimate of drug-likeness (QED) is 0.482.